The highest BCUT2D eigenvalue weighted by Gasteiger charge is 2.47. The van der Waals surface area contributed by atoms with Gasteiger partial charge in [0.15, 0.2) is 18.7 Å². The lowest BCUT2D eigenvalue weighted by Crippen LogP contribution is -2.61. The molecular formula is C59H102O15. The predicted octanol–water partition coefficient (Wildman–Crippen LogP) is 9.61. The maximum Gasteiger partial charge on any atom is 0.306 e. The second-order valence-electron chi connectivity index (χ2n) is 20.1. The number of carbonyl (C=O) groups is 2. The molecule has 7 N–H and O–H groups in total. The molecule has 0 aliphatic carbocycles. The van der Waals surface area contributed by atoms with Gasteiger partial charge in [0, 0.05) is 12.8 Å². The zero-order valence-corrected chi connectivity index (χ0v) is 45.6. The first-order valence-electron chi connectivity index (χ1n) is 28.9. The van der Waals surface area contributed by atoms with Crippen molar-refractivity contribution in [3.63, 3.8) is 0 Å². The van der Waals surface area contributed by atoms with Gasteiger partial charge in [-0.1, -0.05) is 171 Å². The minimum atomic E-state index is -1.78. The van der Waals surface area contributed by atoms with Crippen molar-refractivity contribution in [3.8, 4) is 0 Å². The van der Waals surface area contributed by atoms with Crippen molar-refractivity contribution >= 4 is 11.9 Å². The number of aliphatic hydroxyl groups excluding tert-OH is 7. The molecule has 4 unspecified atom stereocenters. The van der Waals surface area contributed by atoms with Crippen LogP contribution in [0, 0.1) is 0 Å². The first kappa shape index (κ1) is 67.3. The van der Waals surface area contributed by atoms with E-state index in [4.69, 9.17) is 28.4 Å². The third-order valence-electron chi connectivity index (χ3n) is 13.4. The van der Waals surface area contributed by atoms with Crippen molar-refractivity contribution < 1.29 is 73.8 Å². The highest BCUT2D eigenvalue weighted by molar-refractivity contribution is 5.70. The number of carbonyl (C=O) groups excluding carboxylic acids is 2. The summed E-state index contributed by atoms with van der Waals surface area (Å²) < 4.78 is 33.6. The van der Waals surface area contributed by atoms with Gasteiger partial charge in [0.2, 0.25) is 0 Å². The van der Waals surface area contributed by atoms with Gasteiger partial charge in [0.25, 0.3) is 0 Å². The molecule has 2 saturated heterocycles. The first-order chi connectivity index (χ1) is 36.0. The van der Waals surface area contributed by atoms with Crippen LogP contribution >= 0.6 is 0 Å². The number of ether oxygens (including phenoxy) is 6. The Labute approximate surface area is 445 Å². The van der Waals surface area contributed by atoms with Gasteiger partial charge in [0.05, 0.1) is 19.8 Å². The summed E-state index contributed by atoms with van der Waals surface area (Å²) in [6, 6.07) is 0. The fraction of sp³-hybridized carbons (Fsp3) is 0.797. The minimum Gasteiger partial charge on any atom is -0.462 e. The van der Waals surface area contributed by atoms with Crippen LogP contribution in [0.2, 0.25) is 0 Å². The summed E-state index contributed by atoms with van der Waals surface area (Å²) in [5, 5.41) is 72.2. The van der Waals surface area contributed by atoms with Crippen LogP contribution in [0.5, 0.6) is 0 Å². The second-order valence-corrected chi connectivity index (χ2v) is 20.1. The van der Waals surface area contributed by atoms with E-state index in [1.54, 1.807) is 0 Å². The maximum atomic E-state index is 13.0. The Morgan fingerprint density at radius 1 is 0.432 bits per heavy atom. The van der Waals surface area contributed by atoms with Gasteiger partial charge in [-0.2, -0.15) is 0 Å². The van der Waals surface area contributed by atoms with Crippen molar-refractivity contribution in [2.75, 3.05) is 26.4 Å². The van der Waals surface area contributed by atoms with E-state index in [1.807, 2.05) is 0 Å². The van der Waals surface area contributed by atoms with E-state index in [2.05, 4.69) is 74.6 Å². The standard InChI is InChI=1S/C59H102O15/c1-3-5-7-9-11-13-15-17-19-20-21-22-23-24-25-26-28-30-32-34-36-38-40-42-51(62)72-47(44-69-50(61)41-39-37-35-33-31-29-27-18-16-14-12-10-8-6-4-2)45-70-58-57(68)55(66)53(64)49(74-58)46-71-59-56(67)54(65)52(63)48(43-60)73-59/h12,14,18,26-28,31,33-34,36,47-49,52-60,63-68H,3-11,13,15-17,19-25,29-30,32,35,37-46H2,1-2H3/b14-12+,27-18+,28-26+,33-31+,36-34+/t47-,48+,49+,52-,53-,54?,55?,56?,57?,58+,59+/m1/s1. The number of aliphatic hydroxyl groups is 7. The molecule has 0 aromatic rings. The van der Waals surface area contributed by atoms with Crippen molar-refractivity contribution in [2.24, 2.45) is 0 Å². The maximum absolute atomic E-state index is 13.0. The lowest BCUT2D eigenvalue weighted by atomic mass is 9.98. The molecule has 2 aliphatic heterocycles. The Hall–Kier alpha value is -2.80. The molecule has 2 fully saturated rings. The second kappa shape index (κ2) is 45.2. The topological polar surface area (TPSA) is 231 Å². The number of unbranched alkanes of at least 4 members (excludes halogenated alkanes) is 21. The van der Waals surface area contributed by atoms with E-state index in [9.17, 15) is 45.3 Å². The number of hydrogen-bond donors (Lipinski definition) is 7. The van der Waals surface area contributed by atoms with Crippen LogP contribution < -0.4 is 0 Å². The largest absolute Gasteiger partial charge is 0.462 e. The molecule has 0 bridgehead atoms. The van der Waals surface area contributed by atoms with Crippen LogP contribution in [-0.2, 0) is 38.0 Å². The molecular weight excluding hydrogens is 949 g/mol. The number of rotatable bonds is 45. The van der Waals surface area contributed by atoms with Gasteiger partial charge in [-0.05, 0) is 83.5 Å². The molecule has 2 aliphatic rings. The van der Waals surface area contributed by atoms with Crippen molar-refractivity contribution in [1.82, 2.24) is 0 Å². The van der Waals surface area contributed by atoms with Crippen molar-refractivity contribution in [1.29, 1.82) is 0 Å². The SMILES string of the molecule is CCCCC/C=C/C/C=C/C/C=C/CCCCC(=O)OC[C@H](CO[C@H]1O[C@@H](CO[C@H]2O[C@@H](CO)[C@@H](O)C(O)C2O)[C@@H](O)C(O)C1O)OC(=O)CCC/C=C/CC/C=C/CCCCCCCCCCCCCCCC. The Kier molecular flexibility index (Phi) is 41.2. The van der Waals surface area contributed by atoms with Gasteiger partial charge in [0.1, 0.15) is 55.4 Å². The van der Waals surface area contributed by atoms with E-state index in [0.717, 1.165) is 51.4 Å². The van der Waals surface area contributed by atoms with Crippen molar-refractivity contribution in [2.45, 2.75) is 274 Å². The summed E-state index contributed by atoms with van der Waals surface area (Å²) in [6.07, 6.45) is 36.9. The molecule has 0 spiro atoms. The average molecular weight is 1050 g/mol. The molecule has 428 valence electrons. The predicted molar refractivity (Wildman–Crippen MR) is 289 cm³/mol. The molecule has 15 heteroatoms. The molecule has 2 heterocycles. The third-order valence-corrected chi connectivity index (χ3v) is 13.4. The van der Waals surface area contributed by atoms with E-state index in [-0.39, 0.29) is 19.4 Å². The van der Waals surface area contributed by atoms with Gasteiger partial charge in [-0.3, -0.25) is 9.59 Å². The lowest BCUT2D eigenvalue weighted by Gasteiger charge is -2.42. The van der Waals surface area contributed by atoms with Gasteiger partial charge in [-0.15, -0.1) is 0 Å². The Morgan fingerprint density at radius 3 is 1.39 bits per heavy atom. The van der Waals surface area contributed by atoms with Crippen LogP contribution in [0.1, 0.15) is 206 Å². The van der Waals surface area contributed by atoms with Crippen LogP contribution in [0.3, 0.4) is 0 Å². The highest BCUT2D eigenvalue weighted by atomic mass is 16.7. The summed E-state index contributed by atoms with van der Waals surface area (Å²) in [7, 11) is 0. The summed E-state index contributed by atoms with van der Waals surface area (Å²) >= 11 is 0. The van der Waals surface area contributed by atoms with Crippen LogP contribution in [0.4, 0.5) is 0 Å². The van der Waals surface area contributed by atoms with E-state index >= 15 is 0 Å². The molecule has 2 rings (SSSR count). The fourth-order valence-corrected chi connectivity index (χ4v) is 8.71. The summed E-state index contributed by atoms with van der Waals surface area (Å²) in [5.41, 5.74) is 0. The summed E-state index contributed by atoms with van der Waals surface area (Å²) in [6.45, 7) is 2.50. The molecule has 0 aromatic heterocycles. The monoisotopic (exact) mass is 1050 g/mol. The quantitative estimate of drug-likeness (QED) is 0.0171. The summed E-state index contributed by atoms with van der Waals surface area (Å²) in [5.74, 6) is -1.02. The van der Waals surface area contributed by atoms with E-state index in [1.165, 1.54) is 109 Å². The Bertz CT molecular complexity index is 1520. The number of esters is 2. The van der Waals surface area contributed by atoms with Gasteiger partial charge >= 0.3 is 11.9 Å². The fourth-order valence-electron chi connectivity index (χ4n) is 8.71. The summed E-state index contributed by atoms with van der Waals surface area (Å²) in [4.78, 5) is 25.8. The minimum absolute atomic E-state index is 0.0954. The third kappa shape index (κ3) is 32.1. The van der Waals surface area contributed by atoms with Crippen LogP contribution in [0.25, 0.3) is 0 Å². The van der Waals surface area contributed by atoms with Crippen LogP contribution in [0.15, 0.2) is 60.8 Å². The number of hydrogen-bond acceptors (Lipinski definition) is 15. The van der Waals surface area contributed by atoms with Crippen molar-refractivity contribution in [3.05, 3.63) is 60.8 Å². The molecule has 0 aromatic carbocycles. The molecule has 15 nitrogen and oxygen atoms in total. The molecule has 0 saturated carbocycles. The van der Waals surface area contributed by atoms with Crippen LogP contribution in [-0.4, -0.2) is 142 Å². The van der Waals surface area contributed by atoms with Gasteiger partial charge in [-0.25, -0.2) is 0 Å². The Morgan fingerprint density at radius 2 is 0.838 bits per heavy atom. The zero-order valence-electron chi connectivity index (χ0n) is 45.6. The van der Waals surface area contributed by atoms with E-state index in [0.29, 0.717) is 19.3 Å². The first-order valence-corrected chi connectivity index (χ1v) is 28.9. The average Bonchev–Trinajstić information content (AvgIpc) is 3.39. The molecule has 0 amide bonds. The molecule has 0 radical (unpaired) electrons. The number of allylic oxidation sites excluding steroid dienone is 10. The molecule has 74 heavy (non-hydrogen) atoms. The smallest absolute Gasteiger partial charge is 0.306 e. The van der Waals surface area contributed by atoms with E-state index < -0.39 is 99.3 Å². The zero-order chi connectivity index (χ0) is 53.9. The van der Waals surface area contributed by atoms with Gasteiger partial charge < -0.3 is 64.2 Å². The normalized spacial score (nSPS) is 25.1. The molecule has 11 atom stereocenters. The lowest BCUT2D eigenvalue weighted by molar-refractivity contribution is -0.332. The Balaban J connectivity index is 1.78. The highest BCUT2D eigenvalue weighted by Crippen LogP contribution is 2.26.